The van der Waals surface area contributed by atoms with Crippen LogP contribution in [0.2, 0.25) is 0 Å². The molecule has 5 nitrogen and oxygen atoms in total. The SMILES string of the molecule is CC(=O)c1cccc(N=C2NNC(C(C)C3=CCNC=C3)c3ccccc32)c1. The number of hydrazine groups is 1. The van der Waals surface area contributed by atoms with E-state index in [1.54, 1.807) is 6.92 Å². The number of hydrogen-bond donors (Lipinski definition) is 3. The van der Waals surface area contributed by atoms with Crippen molar-refractivity contribution in [1.29, 1.82) is 0 Å². The summed E-state index contributed by atoms with van der Waals surface area (Å²) in [7, 11) is 0. The van der Waals surface area contributed by atoms with Crippen LogP contribution in [0.5, 0.6) is 0 Å². The minimum atomic E-state index is 0.0365. The molecule has 5 heteroatoms. The van der Waals surface area contributed by atoms with Crippen molar-refractivity contribution in [2.24, 2.45) is 10.9 Å². The Balaban J connectivity index is 1.68. The Kier molecular flexibility index (Phi) is 5.08. The van der Waals surface area contributed by atoms with E-state index in [2.05, 4.69) is 53.4 Å². The molecular weight excluding hydrogens is 348 g/mol. The third kappa shape index (κ3) is 3.62. The zero-order valence-corrected chi connectivity index (χ0v) is 16.1. The second kappa shape index (κ2) is 7.82. The van der Waals surface area contributed by atoms with Crippen molar-refractivity contribution in [2.75, 3.05) is 6.54 Å². The number of carbonyl (C=O) groups excluding carboxylic acids is 1. The van der Waals surface area contributed by atoms with Gasteiger partial charge < -0.3 is 10.7 Å². The minimum absolute atomic E-state index is 0.0365. The standard InChI is InChI=1S/C23H24N4O/c1-15(17-10-12-24-13-11-17)22-20-8-3-4-9-21(20)23(27-26-22)25-19-7-5-6-18(14-19)16(2)28/h3-12,14-15,22,24,26H,13H2,1-2H3,(H,25,27). The average Bonchev–Trinajstić information content (AvgIpc) is 2.74. The molecule has 2 atom stereocenters. The summed E-state index contributed by atoms with van der Waals surface area (Å²) < 4.78 is 0. The minimum Gasteiger partial charge on any atom is -0.387 e. The Bertz CT molecular complexity index is 990. The van der Waals surface area contributed by atoms with Crippen molar-refractivity contribution in [3.05, 3.63) is 89.1 Å². The summed E-state index contributed by atoms with van der Waals surface area (Å²) in [6.07, 6.45) is 6.37. The van der Waals surface area contributed by atoms with Gasteiger partial charge in [0.15, 0.2) is 5.78 Å². The van der Waals surface area contributed by atoms with Gasteiger partial charge in [-0.2, -0.15) is 0 Å². The first kappa shape index (κ1) is 18.2. The number of hydrogen-bond acceptors (Lipinski definition) is 4. The number of aliphatic imine (C=N–C) groups is 1. The lowest BCUT2D eigenvalue weighted by atomic mass is 9.84. The van der Waals surface area contributed by atoms with E-state index < -0.39 is 0 Å². The molecule has 2 unspecified atom stereocenters. The molecule has 2 aromatic rings. The smallest absolute Gasteiger partial charge is 0.159 e. The van der Waals surface area contributed by atoms with E-state index in [4.69, 9.17) is 4.99 Å². The average molecular weight is 372 g/mol. The van der Waals surface area contributed by atoms with Crippen molar-refractivity contribution >= 4 is 17.3 Å². The highest BCUT2D eigenvalue weighted by Gasteiger charge is 2.29. The molecule has 2 heterocycles. The highest BCUT2D eigenvalue weighted by molar-refractivity contribution is 6.02. The molecule has 4 rings (SSSR count). The van der Waals surface area contributed by atoms with Crippen molar-refractivity contribution in [1.82, 2.24) is 16.2 Å². The van der Waals surface area contributed by atoms with Crippen LogP contribution in [0.25, 0.3) is 0 Å². The van der Waals surface area contributed by atoms with Crippen LogP contribution in [0.1, 0.15) is 41.4 Å². The van der Waals surface area contributed by atoms with E-state index in [0.29, 0.717) is 11.5 Å². The molecule has 0 aromatic heterocycles. The van der Waals surface area contributed by atoms with E-state index in [0.717, 1.165) is 23.6 Å². The maximum absolute atomic E-state index is 11.7. The van der Waals surface area contributed by atoms with Gasteiger partial charge in [-0.15, -0.1) is 0 Å². The number of ketones is 1. The fraction of sp³-hybridized carbons (Fsp3) is 0.217. The number of allylic oxidation sites excluding steroid dienone is 1. The number of fused-ring (bicyclic) bond motifs is 1. The van der Waals surface area contributed by atoms with E-state index >= 15 is 0 Å². The molecule has 2 aliphatic rings. The van der Waals surface area contributed by atoms with Crippen molar-refractivity contribution < 1.29 is 4.79 Å². The highest BCUT2D eigenvalue weighted by Crippen LogP contribution is 2.33. The molecule has 28 heavy (non-hydrogen) atoms. The summed E-state index contributed by atoms with van der Waals surface area (Å²) in [4.78, 5) is 16.4. The molecule has 0 saturated heterocycles. The maximum Gasteiger partial charge on any atom is 0.159 e. The van der Waals surface area contributed by atoms with Gasteiger partial charge in [-0.3, -0.25) is 4.79 Å². The number of nitrogens with zero attached hydrogens (tertiary/aromatic N) is 1. The fourth-order valence-electron chi connectivity index (χ4n) is 3.68. The number of amidine groups is 1. The molecule has 0 spiro atoms. The van der Waals surface area contributed by atoms with Crippen molar-refractivity contribution in [3.8, 4) is 0 Å². The van der Waals surface area contributed by atoms with Crippen LogP contribution < -0.4 is 16.2 Å². The van der Waals surface area contributed by atoms with E-state index in [1.807, 2.05) is 36.5 Å². The summed E-state index contributed by atoms with van der Waals surface area (Å²) in [5.74, 6) is 1.10. The largest absolute Gasteiger partial charge is 0.387 e. The summed E-state index contributed by atoms with van der Waals surface area (Å²) >= 11 is 0. The highest BCUT2D eigenvalue weighted by atomic mass is 16.1. The molecule has 0 radical (unpaired) electrons. The first-order valence-electron chi connectivity index (χ1n) is 9.54. The number of nitrogens with one attached hydrogen (secondary N) is 3. The van der Waals surface area contributed by atoms with Gasteiger partial charge in [-0.1, -0.05) is 49.4 Å². The Hall–Kier alpha value is -3.18. The van der Waals surface area contributed by atoms with Gasteiger partial charge in [-0.25, -0.2) is 10.4 Å². The van der Waals surface area contributed by atoms with Crippen LogP contribution >= 0.6 is 0 Å². The molecule has 3 N–H and O–H groups in total. The van der Waals surface area contributed by atoms with Crippen LogP contribution in [0.4, 0.5) is 5.69 Å². The third-order valence-electron chi connectivity index (χ3n) is 5.27. The zero-order valence-electron chi connectivity index (χ0n) is 16.1. The number of dihydropyridines is 1. The summed E-state index contributed by atoms with van der Waals surface area (Å²) in [6, 6.07) is 15.9. The number of Topliss-reactive ketones (excluding diaryl/α,β-unsaturated/α-hetero) is 1. The van der Waals surface area contributed by atoms with Crippen molar-refractivity contribution in [3.63, 3.8) is 0 Å². The second-order valence-electron chi connectivity index (χ2n) is 7.14. The van der Waals surface area contributed by atoms with Gasteiger partial charge in [0.2, 0.25) is 0 Å². The number of carbonyl (C=O) groups is 1. The topological polar surface area (TPSA) is 65.5 Å². The Morgan fingerprint density at radius 1 is 1.18 bits per heavy atom. The van der Waals surface area contributed by atoms with E-state index in [1.165, 1.54) is 11.1 Å². The number of rotatable bonds is 4. The molecule has 0 fully saturated rings. The first-order valence-corrected chi connectivity index (χ1v) is 9.54. The zero-order chi connectivity index (χ0) is 19.5. The quantitative estimate of drug-likeness (QED) is 0.715. The molecule has 0 amide bonds. The summed E-state index contributed by atoms with van der Waals surface area (Å²) in [5.41, 5.74) is 11.7. The fourth-order valence-corrected chi connectivity index (χ4v) is 3.68. The lowest BCUT2D eigenvalue weighted by Gasteiger charge is -2.34. The van der Waals surface area contributed by atoms with E-state index in [-0.39, 0.29) is 11.8 Å². The molecule has 0 aliphatic carbocycles. The van der Waals surface area contributed by atoms with Gasteiger partial charge in [0, 0.05) is 23.6 Å². The molecule has 142 valence electrons. The van der Waals surface area contributed by atoms with Crippen LogP contribution in [-0.2, 0) is 0 Å². The summed E-state index contributed by atoms with van der Waals surface area (Å²) in [6.45, 7) is 4.66. The second-order valence-corrected chi connectivity index (χ2v) is 7.14. The van der Waals surface area contributed by atoms with Gasteiger partial charge in [0.1, 0.15) is 5.84 Å². The monoisotopic (exact) mass is 372 g/mol. The third-order valence-corrected chi connectivity index (χ3v) is 5.27. The Morgan fingerprint density at radius 2 is 2.04 bits per heavy atom. The van der Waals surface area contributed by atoms with Crippen LogP contribution in [0.15, 0.2) is 77.4 Å². The Labute approximate surface area is 165 Å². The van der Waals surface area contributed by atoms with Gasteiger partial charge in [0.05, 0.1) is 11.7 Å². The summed E-state index contributed by atoms with van der Waals surface area (Å²) in [5, 5.41) is 3.20. The predicted molar refractivity (Wildman–Crippen MR) is 112 cm³/mol. The van der Waals surface area contributed by atoms with E-state index in [9.17, 15) is 4.79 Å². The molecule has 0 saturated carbocycles. The van der Waals surface area contributed by atoms with Crippen LogP contribution in [0.3, 0.4) is 0 Å². The normalized spacial score (nSPS) is 20.6. The van der Waals surface area contributed by atoms with Crippen LogP contribution in [-0.4, -0.2) is 18.2 Å². The maximum atomic E-state index is 11.7. The molecule has 2 aromatic carbocycles. The van der Waals surface area contributed by atoms with Gasteiger partial charge >= 0.3 is 0 Å². The van der Waals surface area contributed by atoms with Crippen molar-refractivity contribution in [2.45, 2.75) is 19.9 Å². The van der Waals surface area contributed by atoms with Gasteiger partial charge in [-0.05, 0) is 42.5 Å². The predicted octanol–water partition coefficient (Wildman–Crippen LogP) is 3.80. The molecular formula is C23H24N4O. The van der Waals surface area contributed by atoms with Crippen LogP contribution in [0, 0.1) is 5.92 Å². The lowest BCUT2D eigenvalue weighted by molar-refractivity contribution is 0.101. The molecule has 2 aliphatic heterocycles. The first-order chi connectivity index (χ1) is 13.6. The van der Waals surface area contributed by atoms with Gasteiger partial charge in [0.25, 0.3) is 0 Å². The number of benzene rings is 2. The lowest BCUT2D eigenvalue weighted by Crippen LogP contribution is -2.48. The molecule has 0 bridgehead atoms. The Morgan fingerprint density at radius 3 is 2.82 bits per heavy atom.